The molecule has 2 rings (SSSR count). The number of sulfone groups is 1. The molecule has 0 atom stereocenters. The summed E-state index contributed by atoms with van der Waals surface area (Å²) in [4.78, 5) is 12.4. The monoisotopic (exact) mass is 421 g/mol. The van der Waals surface area contributed by atoms with E-state index in [2.05, 4.69) is 20.8 Å². The van der Waals surface area contributed by atoms with Crippen molar-refractivity contribution in [1.29, 1.82) is 0 Å². The topological polar surface area (TPSA) is 107 Å². The molecule has 1 aromatic carbocycles. The summed E-state index contributed by atoms with van der Waals surface area (Å²) in [6.45, 7) is 1.60. The van der Waals surface area contributed by atoms with Gasteiger partial charge < -0.3 is 0 Å². The van der Waals surface area contributed by atoms with E-state index in [1.165, 1.54) is 4.68 Å². The molecule has 0 aliphatic rings. The van der Waals surface area contributed by atoms with Crippen LogP contribution >= 0.6 is 22.6 Å². The van der Waals surface area contributed by atoms with Gasteiger partial charge >= 0.3 is 0 Å². The molecule has 0 bridgehead atoms. The second-order valence-electron chi connectivity index (χ2n) is 4.40. The Kier molecular flexibility index (Phi) is 4.27. The number of carbonyl (C=O) groups excluding carboxylic acids is 1. The smallest absolute Gasteiger partial charge is 0.258 e. The number of anilines is 1. The molecule has 1 amide bonds. The van der Waals surface area contributed by atoms with Crippen LogP contribution in [0.5, 0.6) is 0 Å². The molecule has 0 aliphatic heterocycles. The molecule has 8 nitrogen and oxygen atoms in total. The maximum atomic E-state index is 12.3. The quantitative estimate of drug-likeness (QED) is 0.735. The molecule has 2 aromatic rings. The number of tetrazole rings is 1. The minimum Gasteiger partial charge on any atom is -0.289 e. The third-order valence-corrected chi connectivity index (χ3v) is 5.35. The zero-order valence-electron chi connectivity index (χ0n) is 11.5. The van der Waals surface area contributed by atoms with Gasteiger partial charge in [0.05, 0.1) is 4.90 Å². The van der Waals surface area contributed by atoms with E-state index in [-0.39, 0.29) is 16.4 Å². The van der Waals surface area contributed by atoms with Gasteiger partial charge in [-0.3, -0.25) is 10.1 Å². The van der Waals surface area contributed by atoms with Crippen LogP contribution in [0, 0.1) is 10.5 Å². The first-order valence-electron chi connectivity index (χ1n) is 5.74. The van der Waals surface area contributed by atoms with Gasteiger partial charge in [-0.25, -0.2) is 13.1 Å². The number of rotatable bonds is 3. The highest BCUT2D eigenvalue weighted by Crippen LogP contribution is 2.25. The second-order valence-corrected chi connectivity index (χ2v) is 7.52. The largest absolute Gasteiger partial charge is 0.289 e. The van der Waals surface area contributed by atoms with E-state index >= 15 is 0 Å². The second kappa shape index (κ2) is 5.67. The molecule has 0 aliphatic carbocycles. The zero-order chi connectivity index (χ0) is 15.8. The number of hydrogen-bond donors (Lipinski definition) is 1. The number of amides is 1. The number of benzene rings is 1. The van der Waals surface area contributed by atoms with Crippen LogP contribution in [0.1, 0.15) is 15.9 Å². The van der Waals surface area contributed by atoms with Gasteiger partial charge in [0, 0.05) is 22.4 Å². The summed E-state index contributed by atoms with van der Waals surface area (Å²) < 4.78 is 25.6. The Morgan fingerprint density at radius 1 is 1.38 bits per heavy atom. The molecule has 1 heterocycles. The highest BCUT2D eigenvalue weighted by Gasteiger charge is 2.21. The van der Waals surface area contributed by atoms with E-state index in [0.29, 0.717) is 9.13 Å². The van der Waals surface area contributed by atoms with Crippen molar-refractivity contribution in [2.24, 2.45) is 7.05 Å². The lowest BCUT2D eigenvalue weighted by Crippen LogP contribution is -2.18. The number of aromatic nitrogens is 4. The van der Waals surface area contributed by atoms with Gasteiger partial charge in [0.2, 0.25) is 5.95 Å². The van der Waals surface area contributed by atoms with E-state index in [1.807, 2.05) is 22.6 Å². The van der Waals surface area contributed by atoms with Gasteiger partial charge in [0.25, 0.3) is 5.91 Å². The van der Waals surface area contributed by atoms with Crippen molar-refractivity contribution in [1.82, 2.24) is 20.2 Å². The van der Waals surface area contributed by atoms with Gasteiger partial charge in [-0.15, -0.1) is 0 Å². The third kappa shape index (κ3) is 3.20. The Labute approximate surface area is 135 Å². The molecule has 0 spiro atoms. The van der Waals surface area contributed by atoms with Crippen molar-refractivity contribution >= 4 is 44.3 Å². The molecule has 1 N–H and O–H groups in total. The average Bonchev–Trinajstić information content (AvgIpc) is 2.73. The van der Waals surface area contributed by atoms with Crippen LogP contribution in [-0.2, 0) is 16.9 Å². The Morgan fingerprint density at radius 3 is 2.57 bits per heavy atom. The standard InChI is InChI=1S/C11H12IN5O3S/c1-6-7(4-5-8(12)9(6)21(3,19)20)10(18)13-11-14-15-16-17(11)2/h4-5H,1-3H3,(H,13,14,16,18). The SMILES string of the molecule is Cc1c(C(=O)Nc2nnnn2C)ccc(I)c1S(C)(=O)=O. The van der Waals surface area contributed by atoms with E-state index in [4.69, 9.17) is 0 Å². The Balaban J connectivity index is 2.46. The van der Waals surface area contributed by atoms with Crippen LogP contribution in [0.4, 0.5) is 5.95 Å². The first-order valence-corrected chi connectivity index (χ1v) is 8.71. The van der Waals surface area contributed by atoms with Crippen LogP contribution in [0.25, 0.3) is 0 Å². The number of aryl methyl sites for hydroxylation is 1. The number of nitrogens with one attached hydrogen (secondary N) is 1. The van der Waals surface area contributed by atoms with Crippen molar-refractivity contribution in [3.8, 4) is 0 Å². The molecular formula is C11H12IN5O3S. The summed E-state index contributed by atoms with van der Waals surface area (Å²) >= 11 is 1.93. The van der Waals surface area contributed by atoms with E-state index in [0.717, 1.165) is 6.26 Å². The van der Waals surface area contributed by atoms with Crippen LogP contribution in [-0.4, -0.2) is 40.8 Å². The predicted octanol–water partition coefficient (Wildman–Crippen LogP) is 0.779. The van der Waals surface area contributed by atoms with Crippen molar-refractivity contribution in [2.45, 2.75) is 11.8 Å². The van der Waals surface area contributed by atoms with Crippen LogP contribution < -0.4 is 5.32 Å². The van der Waals surface area contributed by atoms with Gasteiger partial charge in [0.1, 0.15) is 0 Å². The minimum atomic E-state index is -3.42. The number of hydrogen-bond acceptors (Lipinski definition) is 6. The Bertz CT molecular complexity index is 815. The number of halogens is 1. The molecule has 0 unspecified atom stereocenters. The third-order valence-electron chi connectivity index (χ3n) is 2.82. The van der Waals surface area contributed by atoms with Crippen LogP contribution in [0.3, 0.4) is 0 Å². The highest BCUT2D eigenvalue weighted by molar-refractivity contribution is 14.1. The Hall–Kier alpha value is -1.56. The van der Waals surface area contributed by atoms with Crippen molar-refractivity contribution in [3.63, 3.8) is 0 Å². The number of carbonyl (C=O) groups is 1. The van der Waals surface area contributed by atoms with E-state index < -0.39 is 15.7 Å². The van der Waals surface area contributed by atoms with Gasteiger partial charge in [0.15, 0.2) is 9.84 Å². The molecule has 1 aromatic heterocycles. The summed E-state index contributed by atoms with van der Waals surface area (Å²) in [5.41, 5.74) is 0.663. The fourth-order valence-electron chi connectivity index (χ4n) is 1.86. The van der Waals surface area contributed by atoms with Gasteiger partial charge in [-0.1, -0.05) is 5.10 Å². The lowest BCUT2D eigenvalue weighted by Gasteiger charge is -2.11. The number of nitrogens with zero attached hydrogens (tertiary/aromatic N) is 4. The lowest BCUT2D eigenvalue weighted by molar-refractivity contribution is 0.102. The summed E-state index contributed by atoms with van der Waals surface area (Å²) in [5, 5.41) is 13.2. The minimum absolute atomic E-state index is 0.159. The van der Waals surface area contributed by atoms with Crippen molar-refractivity contribution in [3.05, 3.63) is 26.8 Å². The molecule has 0 saturated carbocycles. The summed E-state index contributed by atoms with van der Waals surface area (Å²) in [6, 6.07) is 3.17. The van der Waals surface area contributed by atoms with E-state index in [9.17, 15) is 13.2 Å². The van der Waals surface area contributed by atoms with E-state index in [1.54, 1.807) is 26.1 Å². The lowest BCUT2D eigenvalue weighted by atomic mass is 10.1. The summed E-state index contributed by atoms with van der Waals surface area (Å²) in [7, 11) is -1.84. The van der Waals surface area contributed by atoms with Gasteiger partial charge in [-0.05, 0) is 57.6 Å². The molecular weight excluding hydrogens is 409 g/mol. The highest BCUT2D eigenvalue weighted by atomic mass is 127. The fraction of sp³-hybridized carbons (Fsp3) is 0.273. The van der Waals surface area contributed by atoms with Crippen LogP contribution in [0.15, 0.2) is 17.0 Å². The van der Waals surface area contributed by atoms with Gasteiger partial charge in [-0.2, -0.15) is 0 Å². The summed E-state index contributed by atoms with van der Waals surface area (Å²) in [5.74, 6) is -0.287. The first-order chi connectivity index (χ1) is 9.71. The maximum absolute atomic E-state index is 12.3. The molecule has 0 saturated heterocycles. The molecule has 21 heavy (non-hydrogen) atoms. The summed E-state index contributed by atoms with van der Waals surface area (Å²) in [6.07, 6.45) is 1.12. The molecule has 112 valence electrons. The maximum Gasteiger partial charge on any atom is 0.258 e. The Morgan fingerprint density at radius 2 is 2.05 bits per heavy atom. The normalized spacial score (nSPS) is 11.4. The van der Waals surface area contributed by atoms with Crippen molar-refractivity contribution < 1.29 is 13.2 Å². The first kappa shape index (κ1) is 15.8. The fourth-order valence-corrected chi connectivity index (χ4v) is 4.74. The zero-order valence-corrected chi connectivity index (χ0v) is 14.4. The molecule has 10 heteroatoms. The predicted molar refractivity (Wildman–Crippen MR) is 83.8 cm³/mol. The average molecular weight is 421 g/mol. The van der Waals surface area contributed by atoms with Crippen LogP contribution in [0.2, 0.25) is 0 Å². The molecule has 0 fully saturated rings. The van der Waals surface area contributed by atoms with Crippen molar-refractivity contribution in [2.75, 3.05) is 11.6 Å². The molecule has 0 radical (unpaired) electrons.